The van der Waals surface area contributed by atoms with E-state index in [-0.39, 0.29) is 5.69 Å². The molecule has 0 bridgehead atoms. The minimum atomic E-state index is -4.45. The summed E-state index contributed by atoms with van der Waals surface area (Å²) in [5, 5.41) is 10.8. The molecular formula is C19H24F3N5OS. The number of hydrogen-bond acceptors (Lipinski definition) is 6. The summed E-state index contributed by atoms with van der Waals surface area (Å²) >= 11 is 0. The second-order valence-corrected chi connectivity index (χ2v) is 8.63. The number of rotatable bonds is 6. The molecule has 6 nitrogen and oxygen atoms in total. The number of anilines is 1. The number of amidine groups is 1. The molecule has 0 aliphatic carbocycles. The zero-order chi connectivity index (χ0) is 20.7. The van der Waals surface area contributed by atoms with Crippen LogP contribution in [0.5, 0.6) is 0 Å². The molecule has 2 aliphatic rings. The van der Waals surface area contributed by atoms with Gasteiger partial charge in [-0.2, -0.15) is 18.3 Å². The van der Waals surface area contributed by atoms with Crippen LogP contribution in [0.25, 0.3) is 0 Å². The zero-order valence-corrected chi connectivity index (χ0v) is 16.7. The molecular weight excluding hydrogens is 403 g/mol. The van der Waals surface area contributed by atoms with Crippen LogP contribution in [-0.2, 0) is 17.2 Å². The molecule has 3 rings (SSSR count). The molecule has 2 N–H and O–H groups in total. The van der Waals surface area contributed by atoms with Crippen LogP contribution in [0.3, 0.4) is 0 Å². The van der Waals surface area contributed by atoms with Gasteiger partial charge in [0.15, 0.2) is 0 Å². The van der Waals surface area contributed by atoms with Crippen molar-refractivity contribution in [3.8, 4) is 0 Å². The molecule has 0 aromatic heterocycles. The van der Waals surface area contributed by atoms with E-state index in [1.54, 1.807) is 23.4 Å². The van der Waals surface area contributed by atoms with Crippen LogP contribution in [0.1, 0.15) is 18.4 Å². The first-order valence-corrected chi connectivity index (χ1v) is 10.9. The summed E-state index contributed by atoms with van der Waals surface area (Å²) in [6, 6.07) is 6.15. The Hall–Kier alpha value is -2.36. The zero-order valence-electron chi connectivity index (χ0n) is 15.9. The fraction of sp³-hybridized carbons (Fsp3) is 0.474. The van der Waals surface area contributed by atoms with E-state index < -0.39 is 17.1 Å². The standard InChI is InChI=1S/C19H24F3N5OS/c20-19(21,22)26-17-3-1-2-15(12-17)4-8-25-27-9-5-18(24-14-27)23-13-16-6-10-29(28)11-7-16/h1-3,5,8-9,12,16,26H,4,6-7,10-11,13-14H2,(H,23,24)/b25-8-. The van der Waals surface area contributed by atoms with E-state index in [0.29, 0.717) is 19.0 Å². The maximum atomic E-state index is 12.4. The van der Waals surface area contributed by atoms with E-state index in [0.717, 1.165) is 42.3 Å². The van der Waals surface area contributed by atoms with Gasteiger partial charge in [-0.3, -0.25) is 14.5 Å². The lowest BCUT2D eigenvalue weighted by Crippen LogP contribution is -2.34. The first-order valence-electron chi connectivity index (χ1n) is 9.42. The Morgan fingerprint density at radius 2 is 2.10 bits per heavy atom. The lowest BCUT2D eigenvalue weighted by Gasteiger charge is -2.23. The number of nitrogens with zero attached hydrogens (tertiary/aromatic N) is 3. The van der Waals surface area contributed by atoms with Gasteiger partial charge in [-0.1, -0.05) is 12.1 Å². The second kappa shape index (κ2) is 9.91. The van der Waals surface area contributed by atoms with Gasteiger partial charge in [0.25, 0.3) is 0 Å². The smallest absolute Gasteiger partial charge is 0.370 e. The van der Waals surface area contributed by atoms with Gasteiger partial charge < -0.3 is 5.32 Å². The molecule has 1 aromatic carbocycles. The van der Waals surface area contributed by atoms with E-state index in [9.17, 15) is 17.4 Å². The van der Waals surface area contributed by atoms with E-state index in [1.807, 2.05) is 12.3 Å². The number of alkyl halides is 3. The van der Waals surface area contributed by atoms with Gasteiger partial charge in [-0.25, -0.2) is 4.99 Å². The molecule has 2 heterocycles. The van der Waals surface area contributed by atoms with Gasteiger partial charge >= 0.3 is 6.30 Å². The molecule has 10 heteroatoms. The van der Waals surface area contributed by atoms with Crippen LogP contribution in [0.4, 0.5) is 18.9 Å². The SMILES string of the molecule is O=S1CCC(CNC2=NCN(/N=C\Cc3cccc(NC(F)(F)F)c3)C=C2)CC1. The quantitative estimate of drug-likeness (QED) is 0.541. The number of nitrogens with one attached hydrogen (secondary N) is 2. The Labute approximate surface area is 170 Å². The second-order valence-electron chi connectivity index (χ2n) is 6.94. The molecule has 1 saturated heterocycles. The summed E-state index contributed by atoms with van der Waals surface area (Å²) < 4.78 is 48.6. The van der Waals surface area contributed by atoms with Crippen molar-refractivity contribution in [1.82, 2.24) is 10.3 Å². The first-order chi connectivity index (χ1) is 13.9. The van der Waals surface area contributed by atoms with Crippen LogP contribution in [0.15, 0.2) is 46.6 Å². The van der Waals surface area contributed by atoms with Crippen LogP contribution < -0.4 is 10.6 Å². The van der Waals surface area contributed by atoms with Crippen molar-refractivity contribution < 1.29 is 17.4 Å². The highest BCUT2D eigenvalue weighted by molar-refractivity contribution is 7.85. The van der Waals surface area contributed by atoms with Crippen molar-refractivity contribution in [3.63, 3.8) is 0 Å². The number of benzene rings is 1. The predicted molar refractivity (Wildman–Crippen MR) is 110 cm³/mol. The number of hydrazone groups is 1. The van der Waals surface area contributed by atoms with E-state index >= 15 is 0 Å². The summed E-state index contributed by atoms with van der Waals surface area (Å²) in [5.74, 6) is 2.90. The third kappa shape index (κ3) is 7.52. The van der Waals surface area contributed by atoms with Crippen LogP contribution in [0, 0.1) is 5.92 Å². The average molecular weight is 427 g/mol. The van der Waals surface area contributed by atoms with Gasteiger partial charge in [0.05, 0.1) is 0 Å². The Morgan fingerprint density at radius 3 is 2.79 bits per heavy atom. The monoisotopic (exact) mass is 427 g/mol. The van der Waals surface area contributed by atoms with Gasteiger partial charge in [-0.15, -0.1) is 0 Å². The van der Waals surface area contributed by atoms with Crippen molar-refractivity contribution in [1.29, 1.82) is 0 Å². The molecule has 0 unspecified atom stereocenters. The normalized spacial score (nSPS) is 22.6. The molecule has 0 radical (unpaired) electrons. The van der Waals surface area contributed by atoms with Gasteiger partial charge in [0.2, 0.25) is 0 Å². The highest BCUT2D eigenvalue weighted by atomic mass is 32.2. The number of halogens is 3. The van der Waals surface area contributed by atoms with Crippen LogP contribution >= 0.6 is 0 Å². The average Bonchev–Trinajstić information content (AvgIpc) is 2.68. The number of hydrogen-bond donors (Lipinski definition) is 2. The predicted octanol–water partition coefficient (Wildman–Crippen LogP) is 3.08. The highest BCUT2D eigenvalue weighted by Crippen LogP contribution is 2.20. The van der Waals surface area contributed by atoms with Crippen molar-refractivity contribution in [2.24, 2.45) is 16.0 Å². The minimum absolute atomic E-state index is 0.00536. The van der Waals surface area contributed by atoms with E-state index in [4.69, 9.17) is 0 Å². The molecule has 2 aliphatic heterocycles. The fourth-order valence-electron chi connectivity index (χ4n) is 3.08. The molecule has 1 aromatic rings. The maximum Gasteiger partial charge on any atom is 0.482 e. The Bertz CT molecular complexity index is 799. The summed E-state index contributed by atoms with van der Waals surface area (Å²) in [4.78, 5) is 4.43. The summed E-state index contributed by atoms with van der Waals surface area (Å²) in [6.45, 7) is 1.20. The largest absolute Gasteiger partial charge is 0.482 e. The van der Waals surface area contributed by atoms with Gasteiger partial charge in [0, 0.05) is 53.4 Å². The van der Waals surface area contributed by atoms with Crippen molar-refractivity contribution in [2.75, 3.05) is 30.0 Å². The van der Waals surface area contributed by atoms with Crippen LogP contribution in [0.2, 0.25) is 0 Å². The number of aliphatic imine (C=N–C) groups is 1. The molecule has 0 amide bonds. The minimum Gasteiger partial charge on any atom is -0.370 e. The lowest BCUT2D eigenvalue weighted by atomic mass is 10.0. The highest BCUT2D eigenvalue weighted by Gasteiger charge is 2.26. The molecule has 0 spiro atoms. The van der Waals surface area contributed by atoms with Crippen molar-refractivity contribution in [3.05, 3.63) is 42.1 Å². The lowest BCUT2D eigenvalue weighted by molar-refractivity contribution is -0.0999. The maximum absolute atomic E-state index is 12.4. The van der Waals surface area contributed by atoms with Crippen LogP contribution in [-0.4, -0.2) is 52.3 Å². The van der Waals surface area contributed by atoms with Crippen molar-refractivity contribution in [2.45, 2.75) is 25.6 Å². The third-order valence-corrected chi connectivity index (χ3v) is 6.02. The van der Waals surface area contributed by atoms with Gasteiger partial charge in [0.1, 0.15) is 12.5 Å². The molecule has 1 fully saturated rings. The molecule has 158 valence electrons. The fourth-order valence-corrected chi connectivity index (χ4v) is 4.48. The Balaban J connectivity index is 1.41. The summed E-state index contributed by atoms with van der Waals surface area (Å²) in [5.41, 5.74) is 0.731. The van der Waals surface area contributed by atoms with E-state index in [1.165, 1.54) is 17.4 Å². The molecule has 0 atom stereocenters. The first kappa shape index (κ1) is 21.4. The topological polar surface area (TPSA) is 69.1 Å². The summed E-state index contributed by atoms with van der Waals surface area (Å²) in [6.07, 6.45) is 3.21. The molecule has 29 heavy (non-hydrogen) atoms. The summed E-state index contributed by atoms with van der Waals surface area (Å²) in [7, 11) is -0.645. The molecule has 0 saturated carbocycles. The Kier molecular flexibility index (Phi) is 7.29. The Morgan fingerprint density at radius 1 is 1.31 bits per heavy atom. The third-order valence-electron chi connectivity index (χ3n) is 4.64. The van der Waals surface area contributed by atoms with Gasteiger partial charge in [-0.05, 0) is 42.5 Å². The van der Waals surface area contributed by atoms with Crippen molar-refractivity contribution >= 4 is 28.5 Å². The van der Waals surface area contributed by atoms with E-state index in [2.05, 4.69) is 15.4 Å².